The van der Waals surface area contributed by atoms with Gasteiger partial charge in [-0.1, -0.05) is 0 Å². The van der Waals surface area contributed by atoms with E-state index in [1.807, 2.05) is 0 Å². The molecule has 1 aromatic carbocycles. The molecule has 1 saturated heterocycles. The van der Waals surface area contributed by atoms with Gasteiger partial charge in [0.15, 0.2) is 9.84 Å². The van der Waals surface area contributed by atoms with Crippen molar-refractivity contribution in [1.29, 1.82) is 0 Å². The molecule has 2 rings (SSSR count). The number of halogens is 2. The van der Waals surface area contributed by atoms with Crippen LogP contribution in [0.25, 0.3) is 0 Å². The highest BCUT2D eigenvalue weighted by atomic mass is 32.2. The second-order valence-electron chi connectivity index (χ2n) is 4.78. The van der Waals surface area contributed by atoms with Crippen molar-refractivity contribution in [3.05, 3.63) is 29.3 Å². The first-order chi connectivity index (χ1) is 9.21. The van der Waals surface area contributed by atoms with Gasteiger partial charge in [0.05, 0.1) is 5.92 Å². The molecule has 1 fully saturated rings. The SMILES string of the molecule is CS(=O)(=O)c1ccc(F)c(C2CC(C(=O)O)CN2)c1F. The minimum absolute atomic E-state index is 0.0103. The summed E-state index contributed by atoms with van der Waals surface area (Å²) >= 11 is 0. The minimum atomic E-state index is -3.82. The van der Waals surface area contributed by atoms with Crippen LogP contribution in [0.3, 0.4) is 0 Å². The number of benzene rings is 1. The molecule has 1 aliphatic heterocycles. The first-order valence-corrected chi connectivity index (χ1v) is 7.75. The molecule has 0 amide bonds. The fraction of sp³-hybridized carbons (Fsp3) is 0.417. The summed E-state index contributed by atoms with van der Waals surface area (Å²) in [7, 11) is -3.82. The van der Waals surface area contributed by atoms with Crippen LogP contribution in [0.1, 0.15) is 18.0 Å². The van der Waals surface area contributed by atoms with Crippen molar-refractivity contribution in [2.24, 2.45) is 5.92 Å². The molecule has 0 spiro atoms. The van der Waals surface area contributed by atoms with Crippen molar-refractivity contribution in [3.8, 4) is 0 Å². The Bertz CT molecular complexity index is 660. The van der Waals surface area contributed by atoms with Crippen LogP contribution in [-0.4, -0.2) is 32.3 Å². The Morgan fingerprint density at radius 2 is 2.05 bits per heavy atom. The van der Waals surface area contributed by atoms with Gasteiger partial charge in [-0.25, -0.2) is 17.2 Å². The zero-order chi connectivity index (χ0) is 15.1. The molecule has 1 heterocycles. The molecule has 2 unspecified atom stereocenters. The summed E-state index contributed by atoms with van der Waals surface area (Å²) in [6.45, 7) is 0.0853. The zero-order valence-electron chi connectivity index (χ0n) is 10.6. The van der Waals surface area contributed by atoms with Crippen LogP contribution in [0.5, 0.6) is 0 Å². The van der Waals surface area contributed by atoms with Gasteiger partial charge in [0.1, 0.15) is 16.5 Å². The standard InChI is InChI=1S/C12H13F2NO4S/c1-20(18,19)9-3-2-7(13)10(11(9)14)8-4-6(5-15-8)12(16)17/h2-3,6,8,15H,4-5H2,1H3,(H,16,17). The van der Waals surface area contributed by atoms with Crippen molar-refractivity contribution in [2.45, 2.75) is 17.4 Å². The molecule has 110 valence electrons. The number of carboxylic acids is 1. The Labute approximate surface area is 114 Å². The van der Waals surface area contributed by atoms with Gasteiger partial charge < -0.3 is 10.4 Å². The largest absolute Gasteiger partial charge is 0.481 e. The number of hydrogen-bond acceptors (Lipinski definition) is 4. The van der Waals surface area contributed by atoms with Crippen LogP contribution in [0.15, 0.2) is 17.0 Å². The molecule has 1 aromatic rings. The molecule has 0 aromatic heterocycles. The van der Waals surface area contributed by atoms with Gasteiger partial charge in [-0.05, 0) is 18.6 Å². The third-order valence-electron chi connectivity index (χ3n) is 3.32. The number of hydrogen-bond donors (Lipinski definition) is 2. The summed E-state index contributed by atoms with van der Waals surface area (Å²) in [6, 6.07) is 0.898. The van der Waals surface area contributed by atoms with Crippen molar-refractivity contribution < 1.29 is 27.1 Å². The molecule has 5 nitrogen and oxygen atoms in total. The molecule has 2 N–H and O–H groups in total. The summed E-state index contributed by atoms with van der Waals surface area (Å²) in [5, 5.41) is 11.6. The van der Waals surface area contributed by atoms with E-state index >= 15 is 0 Å². The fourth-order valence-electron chi connectivity index (χ4n) is 2.30. The minimum Gasteiger partial charge on any atom is -0.481 e. The Balaban J connectivity index is 2.45. The first kappa shape index (κ1) is 14.9. The van der Waals surface area contributed by atoms with E-state index in [2.05, 4.69) is 5.32 Å². The van der Waals surface area contributed by atoms with E-state index in [-0.39, 0.29) is 13.0 Å². The lowest BCUT2D eigenvalue weighted by Crippen LogP contribution is -2.19. The van der Waals surface area contributed by atoms with E-state index in [1.54, 1.807) is 0 Å². The molecule has 8 heteroatoms. The maximum Gasteiger partial charge on any atom is 0.307 e. The van der Waals surface area contributed by atoms with E-state index in [9.17, 15) is 22.0 Å². The lowest BCUT2D eigenvalue weighted by Gasteiger charge is -2.14. The number of carboxylic acid groups (broad SMARTS) is 1. The van der Waals surface area contributed by atoms with Gasteiger partial charge in [-0.2, -0.15) is 0 Å². The monoisotopic (exact) mass is 305 g/mol. The highest BCUT2D eigenvalue weighted by molar-refractivity contribution is 7.90. The van der Waals surface area contributed by atoms with Crippen LogP contribution in [0.2, 0.25) is 0 Å². The first-order valence-electron chi connectivity index (χ1n) is 5.86. The topological polar surface area (TPSA) is 83.5 Å². The molecule has 20 heavy (non-hydrogen) atoms. The quantitative estimate of drug-likeness (QED) is 0.817. The Hall–Kier alpha value is -1.54. The lowest BCUT2D eigenvalue weighted by atomic mass is 9.99. The van der Waals surface area contributed by atoms with Crippen LogP contribution in [-0.2, 0) is 14.6 Å². The van der Waals surface area contributed by atoms with Crippen molar-refractivity contribution in [3.63, 3.8) is 0 Å². The van der Waals surface area contributed by atoms with E-state index in [4.69, 9.17) is 5.11 Å². The molecule has 0 bridgehead atoms. The molecule has 2 atom stereocenters. The Morgan fingerprint density at radius 3 is 2.55 bits per heavy atom. The highest BCUT2D eigenvalue weighted by Gasteiger charge is 2.34. The number of carbonyl (C=O) groups is 1. The predicted molar refractivity (Wildman–Crippen MR) is 66.0 cm³/mol. The lowest BCUT2D eigenvalue weighted by molar-refractivity contribution is -0.141. The average molecular weight is 305 g/mol. The number of aliphatic carboxylic acids is 1. The van der Waals surface area contributed by atoms with Crippen LogP contribution in [0.4, 0.5) is 8.78 Å². The van der Waals surface area contributed by atoms with E-state index in [1.165, 1.54) is 0 Å². The van der Waals surface area contributed by atoms with Crippen LogP contribution < -0.4 is 5.32 Å². The van der Waals surface area contributed by atoms with Gasteiger partial charge in [0.2, 0.25) is 0 Å². The maximum atomic E-state index is 14.2. The zero-order valence-corrected chi connectivity index (χ0v) is 11.4. The summed E-state index contributed by atoms with van der Waals surface area (Å²) in [5.74, 6) is -3.85. The van der Waals surface area contributed by atoms with Crippen LogP contribution >= 0.6 is 0 Å². The smallest absolute Gasteiger partial charge is 0.307 e. The van der Waals surface area contributed by atoms with Crippen molar-refractivity contribution in [2.75, 3.05) is 12.8 Å². The molecular weight excluding hydrogens is 292 g/mol. The number of nitrogens with one attached hydrogen (secondary N) is 1. The van der Waals surface area contributed by atoms with E-state index in [0.29, 0.717) is 0 Å². The average Bonchev–Trinajstić information content (AvgIpc) is 2.76. The summed E-state index contributed by atoms with van der Waals surface area (Å²) in [5.41, 5.74) is -0.420. The molecule has 0 saturated carbocycles. The predicted octanol–water partition coefficient (Wildman–Crippen LogP) is 1.10. The molecular formula is C12H13F2NO4S. The second kappa shape index (κ2) is 5.10. The fourth-order valence-corrected chi connectivity index (χ4v) is 3.05. The Kier molecular flexibility index (Phi) is 3.79. The van der Waals surface area contributed by atoms with Gasteiger partial charge in [0.25, 0.3) is 0 Å². The summed E-state index contributed by atoms with van der Waals surface area (Å²) in [6.07, 6.45) is 0.839. The summed E-state index contributed by atoms with van der Waals surface area (Å²) < 4.78 is 50.8. The second-order valence-corrected chi connectivity index (χ2v) is 6.76. The summed E-state index contributed by atoms with van der Waals surface area (Å²) in [4.78, 5) is 10.3. The normalized spacial score (nSPS) is 22.9. The molecule has 0 aliphatic carbocycles. The third-order valence-corrected chi connectivity index (χ3v) is 4.43. The highest BCUT2D eigenvalue weighted by Crippen LogP contribution is 2.33. The van der Waals surface area contributed by atoms with Crippen molar-refractivity contribution >= 4 is 15.8 Å². The number of sulfone groups is 1. The van der Waals surface area contributed by atoms with Gasteiger partial charge in [-0.15, -0.1) is 0 Å². The van der Waals surface area contributed by atoms with Gasteiger partial charge >= 0.3 is 5.97 Å². The molecule has 1 aliphatic rings. The maximum absolute atomic E-state index is 14.2. The number of rotatable bonds is 3. The van der Waals surface area contributed by atoms with E-state index < -0.39 is 49.9 Å². The third kappa shape index (κ3) is 2.66. The van der Waals surface area contributed by atoms with Gasteiger partial charge in [0, 0.05) is 24.4 Å². The molecule has 0 radical (unpaired) electrons. The van der Waals surface area contributed by atoms with Crippen LogP contribution in [0, 0.1) is 17.6 Å². The van der Waals surface area contributed by atoms with Gasteiger partial charge in [-0.3, -0.25) is 4.79 Å². The van der Waals surface area contributed by atoms with E-state index in [0.717, 1.165) is 18.4 Å². The van der Waals surface area contributed by atoms with Crippen molar-refractivity contribution in [1.82, 2.24) is 5.32 Å². The Morgan fingerprint density at radius 1 is 1.40 bits per heavy atom.